The molecule has 330 valence electrons. The first-order valence-corrected chi connectivity index (χ1v) is 29.9. The number of unbranched alkanes of at least 4 members (excludes halogenated alkanes) is 5. The third-order valence-electron chi connectivity index (χ3n) is 11.7. The smallest absolute Gasteiger partial charge is 0.473 e. The average Bonchev–Trinajstić information content (AvgIpc) is 4.04. The van der Waals surface area contributed by atoms with Crippen LogP contribution in [0.2, 0.25) is 26.2 Å². The second kappa shape index (κ2) is 17.9. The Kier molecular flexibility index (Phi) is 11.7. The molecule has 15 heteroatoms. The fourth-order valence-electron chi connectivity index (χ4n) is 8.83. The van der Waals surface area contributed by atoms with E-state index in [9.17, 15) is 0 Å². The van der Waals surface area contributed by atoms with Gasteiger partial charge < -0.3 is 17.1 Å². The first-order chi connectivity index (χ1) is 32.6. The molecule has 1 atom stereocenters. The summed E-state index contributed by atoms with van der Waals surface area (Å²) in [6, 6.07) is 32.3. The highest BCUT2D eigenvalue weighted by Crippen LogP contribution is 2.45. The van der Waals surface area contributed by atoms with Gasteiger partial charge in [-0.2, -0.15) is 0 Å². The quantitative estimate of drug-likeness (QED) is 0.0653. The Bertz CT molecular complexity index is 3380. The topological polar surface area (TPSA) is 121 Å². The maximum absolute atomic E-state index is 8.02. The van der Waals surface area contributed by atoms with E-state index in [4.69, 9.17) is 53.5 Å². The Morgan fingerprint density at radius 1 is 0.507 bits per heavy atom. The van der Waals surface area contributed by atoms with Gasteiger partial charge in [-0.05, 0) is 50.4 Å². The monoisotopic (exact) mass is 930 g/mol. The molecular formula is C52H46N8O4Si3. The van der Waals surface area contributed by atoms with Gasteiger partial charge in [0, 0.05) is 68.2 Å². The highest BCUT2D eigenvalue weighted by Gasteiger charge is 2.59. The van der Waals surface area contributed by atoms with Crippen molar-refractivity contribution in [3.63, 3.8) is 0 Å². The zero-order valence-electron chi connectivity index (χ0n) is 38.0. The minimum absolute atomic E-state index is 0.495. The Morgan fingerprint density at radius 3 is 1.49 bits per heavy atom. The summed E-state index contributed by atoms with van der Waals surface area (Å²) in [5.74, 6) is 18.5. The number of nitrogens with zero attached hydrogens (tertiary/aromatic N) is 8. The zero-order chi connectivity index (χ0) is 46.2. The van der Waals surface area contributed by atoms with E-state index in [-0.39, 0.29) is 0 Å². The molecule has 0 radical (unpaired) electrons. The highest BCUT2D eigenvalue weighted by molar-refractivity contribution is 6.85. The Labute approximate surface area is 392 Å². The molecule has 4 aliphatic rings. The molecule has 6 bridgehead atoms. The van der Waals surface area contributed by atoms with Gasteiger partial charge >= 0.3 is 26.0 Å². The molecule has 10 rings (SSSR count). The second-order valence-electron chi connectivity index (χ2n) is 17.3. The number of fused-ring (bicyclic) bond motifs is 14. The number of rotatable bonds is 13. The summed E-state index contributed by atoms with van der Waals surface area (Å²) in [4.78, 5) is 32.6. The van der Waals surface area contributed by atoms with Crippen LogP contribution >= 0.6 is 0 Å². The summed E-state index contributed by atoms with van der Waals surface area (Å²) < 4.78 is 33.6. The fraction of sp³-hybridized carbons (Fsp3) is 0.231. The number of aromatic nitrogens is 2. The van der Waals surface area contributed by atoms with Gasteiger partial charge in [0.05, 0.1) is 0 Å². The predicted molar refractivity (Wildman–Crippen MR) is 271 cm³/mol. The van der Waals surface area contributed by atoms with Crippen LogP contribution in [-0.2, 0) is 17.1 Å². The lowest BCUT2D eigenvalue weighted by Gasteiger charge is -2.41. The van der Waals surface area contributed by atoms with Crippen LogP contribution in [0.1, 0.15) is 67.7 Å². The Morgan fingerprint density at radius 2 is 0.955 bits per heavy atom. The number of benzene rings is 4. The van der Waals surface area contributed by atoms with Crippen LogP contribution in [-0.4, -0.2) is 64.4 Å². The summed E-state index contributed by atoms with van der Waals surface area (Å²) in [5, 5.41) is 3.22. The molecule has 0 spiro atoms. The second-order valence-corrected chi connectivity index (χ2v) is 27.0. The molecule has 4 aromatic carbocycles. The van der Waals surface area contributed by atoms with E-state index >= 15 is 0 Å². The lowest BCUT2D eigenvalue weighted by molar-refractivity contribution is 0.203. The Balaban J connectivity index is 1.35. The van der Waals surface area contributed by atoms with Crippen LogP contribution in [0.25, 0.3) is 21.5 Å². The Hall–Kier alpha value is -7.19. The SMILES string of the molecule is C#CC#CC#CC#CO[Si](C)(C)O[Si]1(O[Si](C)(C)OCCCCCCCC)n2c3c4ccccc4c2/N=C2N=C(/N=c4/c5ccccc5/c(n41)=N/C1=NC(=N\3)/c3ccccc31)c1ccccc1\2. The maximum atomic E-state index is 8.02. The predicted octanol–water partition coefficient (Wildman–Crippen LogP) is 8.80. The van der Waals surface area contributed by atoms with Gasteiger partial charge in [-0.15, -0.1) is 6.42 Å². The van der Waals surface area contributed by atoms with Gasteiger partial charge in [0.2, 0.25) is 0 Å². The van der Waals surface area contributed by atoms with Gasteiger partial charge in [0.25, 0.3) is 0 Å². The lowest BCUT2D eigenvalue weighted by atomic mass is 10.1. The standard InChI is InChI=1S/C52H46N8O4Si3/c1-7-9-11-13-15-25-35-61-65(3,4)63-67(64-66(5,6)62-36-26-16-14-12-10-8-2)59-49-41-31-21-22-32-42(41)51(59)57-47-39-29-19-20-30-40(39)48(54-47)58-52-44-34-24-23-33-43(44)50(60(52)67)56-46-38-28-18-17-27-37(38)45(53-46)55-49/h1,17-24,27-34H,8,10,12,14,16,26,36H2,2-6H3/b55-45-,55-49?,56-46?,56-50-,57-47-,57-51?,58-48?,58-52-. The van der Waals surface area contributed by atoms with Crippen molar-refractivity contribution < 1.29 is 17.1 Å². The van der Waals surface area contributed by atoms with Gasteiger partial charge in [0.15, 0.2) is 23.3 Å². The van der Waals surface area contributed by atoms with E-state index in [1.165, 1.54) is 19.3 Å². The summed E-state index contributed by atoms with van der Waals surface area (Å²) in [7, 11) is -11.4. The minimum atomic E-state index is -4.61. The van der Waals surface area contributed by atoms with Crippen LogP contribution in [0.15, 0.2) is 127 Å². The molecule has 1 unspecified atom stereocenters. The molecule has 2 aromatic heterocycles. The summed E-state index contributed by atoms with van der Waals surface area (Å²) >= 11 is 0. The highest BCUT2D eigenvalue weighted by atomic mass is 28.5. The maximum Gasteiger partial charge on any atom is 0.586 e. The van der Waals surface area contributed by atoms with Crippen LogP contribution in [0.4, 0.5) is 11.6 Å². The molecule has 0 aliphatic carbocycles. The van der Waals surface area contributed by atoms with E-state index in [0.717, 1.165) is 63.1 Å². The lowest BCUT2D eigenvalue weighted by Crippen LogP contribution is -2.70. The molecule has 4 aliphatic heterocycles. The third kappa shape index (κ3) is 8.13. The molecule has 67 heavy (non-hydrogen) atoms. The van der Waals surface area contributed by atoms with E-state index in [1.54, 1.807) is 0 Å². The van der Waals surface area contributed by atoms with Gasteiger partial charge in [0.1, 0.15) is 28.7 Å². The number of terminal acetylenes is 1. The largest absolute Gasteiger partial charge is 0.586 e. The zero-order valence-corrected chi connectivity index (χ0v) is 41.0. The van der Waals surface area contributed by atoms with Crippen LogP contribution in [0.3, 0.4) is 0 Å². The molecule has 0 N–H and O–H groups in total. The first kappa shape index (κ1) is 43.7. The normalized spacial score (nSPS) is 18.7. The van der Waals surface area contributed by atoms with Crippen LogP contribution in [0, 0.1) is 48.1 Å². The van der Waals surface area contributed by atoms with Crippen molar-refractivity contribution in [1.82, 2.24) is 8.47 Å². The number of aliphatic imine (C=N–C) groups is 4. The molecule has 0 amide bonds. The summed E-state index contributed by atoms with van der Waals surface area (Å²) in [6.45, 7) is 10.8. The van der Waals surface area contributed by atoms with Crippen LogP contribution in [0.5, 0.6) is 0 Å². The van der Waals surface area contributed by atoms with E-state index < -0.39 is 26.0 Å². The van der Waals surface area contributed by atoms with Crippen molar-refractivity contribution >= 4 is 82.5 Å². The van der Waals surface area contributed by atoms with Crippen molar-refractivity contribution in [3.8, 4) is 48.1 Å². The molecule has 12 nitrogen and oxygen atoms in total. The number of hydrogen-bond donors (Lipinski definition) is 0. The molecular weight excluding hydrogens is 885 g/mol. The number of amidine groups is 4. The van der Waals surface area contributed by atoms with Gasteiger partial charge in [-0.1, -0.05) is 136 Å². The number of hydrogen-bond acceptors (Lipinski definition) is 10. The van der Waals surface area contributed by atoms with E-state index in [1.807, 2.05) is 85.9 Å². The van der Waals surface area contributed by atoms with Crippen LogP contribution < -0.4 is 11.0 Å². The van der Waals surface area contributed by atoms with Gasteiger partial charge in [-0.25, -0.2) is 30.0 Å². The summed E-state index contributed by atoms with van der Waals surface area (Å²) in [6.07, 6.45) is 14.8. The van der Waals surface area contributed by atoms with E-state index in [0.29, 0.717) is 52.6 Å². The van der Waals surface area contributed by atoms with Crippen molar-refractivity contribution in [1.29, 1.82) is 0 Å². The van der Waals surface area contributed by atoms with Crippen molar-refractivity contribution in [2.24, 2.45) is 30.0 Å². The minimum Gasteiger partial charge on any atom is -0.473 e. The summed E-state index contributed by atoms with van der Waals surface area (Å²) in [5.41, 5.74) is 4.43. The molecule has 0 saturated heterocycles. The third-order valence-corrected chi connectivity index (χ3v) is 21.2. The average molecular weight is 931 g/mol. The molecule has 6 aromatic rings. The van der Waals surface area contributed by atoms with Crippen molar-refractivity contribution in [3.05, 3.63) is 130 Å². The first-order valence-electron chi connectivity index (χ1n) is 22.5. The molecule has 0 saturated carbocycles. The van der Waals surface area contributed by atoms with Crippen molar-refractivity contribution in [2.75, 3.05) is 6.61 Å². The van der Waals surface area contributed by atoms with Crippen molar-refractivity contribution in [2.45, 2.75) is 71.6 Å². The molecule has 0 fully saturated rings. The van der Waals surface area contributed by atoms with E-state index in [2.05, 4.69) is 94.4 Å². The molecule has 6 heterocycles. The fourth-order valence-corrected chi connectivity index (χ4v) is 19.2. The van der Waals surface area contributed by atoms with Gasteiger partial charge in [-0.3, -0.25) is 8.47 Å².